The molecule has 3 aliphatic rings. The van der Waals surface area contributed by atoms with Gasteiger partial charge in [-0.05, 0) is 23.8 Å². The van der Waals surface area contributed by atoms with Gasteiger partial charge in [0, 0.05) is 63.4 Å². The molecule has 3 aliphatic heterocycles. The lowest BCUT2D eigenvalue weighted by Crippen LogP contribution is -2.71. The maximum Gasteiger partial charge on any atom is 0.329 e. The Kier molecular flexibility index (Phi) is 4.92. The molecule has 0 radical (unpaired) electrons. The van der Waals surface area contributed by atoms with Crippen molar-refractivity contribution < 1.29 is 28.5 Å². The minimum atomic E-state index is -1.45. The Morgan fingerprint density at radius 3 is 2.33 bits per heavy atom. The lowest BCUT2D eigenvalue weighted by Gasteiger charge is -2.55. The molecule has 0 saturated carbocycles. The first-order valence-corrected chi connectivity index (χ1v) is 11.1. The molecule has 1 atom stereocenters. The Bertz CT molecular complexity index is 1090. The van der Waals surface area contributed by atoms with Crippen LogP contribution in [0.1, 0.15) is 19.4 Å². The Morgan fingerprint density at radius 1 is 0.939 bits per heavy atom. The second-order valence-corrected chi connectivity index (χ2v) is 9.18. The summed E-state index contributed by atoms with van der Waals surface area (Å²) >= 11 is 0. The van der Waals surface area contributed by atoms with Crippen molar-refractivity contribution in [1.82, 2.24) is 0 Å². The van der Waals surface area contributed by atoms with E-state index in [2.05, 4.69) is 9.80 Å². The highest BCUT2D eigenvalue weighted by Crippen LogP contribution is 2.48. The molecule has 1 unspecified atom stereocenters. The third-order valence-electron chi connectivity index (χ3n) is 6.84. The van der Waals surface area contributed by atoms with Gasteiger partial charge in [0.25, 0.3) is 5.79 Å². The van der Waals surface area contributed by atoms with Crippen LogP contribution < -0.4 is 19.3 Å². The van der Waals surface area contributed by atoms with Crippen LogP contribution in [0.25, 0.3) is 0 Å². The number of benzene rings is 2. The molecule has 0 aliphatic carbocycles. The summed E-state index contributed by atoms with van der Waals surface area (Å²) in [6.07, 6.45) is 0.215. The molecule has 33 heavy (non-hydrogen) atoms. The number of fused-ring (bicyclic) bond motifs is 4. The zero-order valence-corrected chi connectivity index (χ0v) is 19.3. The summed E-state index contributed by atoms with van der Waals surface area (Å²) in [4.78, 5) is 31.3. The van der Waals surface area contributed by atoms with Crippen LogP contribution in [-0.2, 0) is 25.5 Å². The summed E-state index contributed by atoms with van der Waals surface area (Å²) < 4.78 is 22.1. The number of hydrogen-bond acceptors (Lipinski definition) is 8. The number of rotatable bonds is 3. The van der Waals surface area contributed by atoms with Crippen molar-refractivity contribution in [3.8, 4) is 11.5 Å². The zero-order chi connectivity index (χ0) is 23.4. The van der Waals surface area contributed by atoms with Crippen molar-refractivity contribution in [2.45, 2.75) is 32.1 Å². The van der Waals surface area contributed by atoms with Crippen LogP contribution in [0, 0.1) is 5.41 Å². The molecule has 1 spiro atoms. The molecular formula is C25H28N2O6. The highest BCUT2D eigenvalue weighted by molar-refractivity contribution is 6.04. The minimum Gasteiger partial charge on any atom is -0.497 e. The van der Waals surface area contributed by atoms with E-state index in [0.717, 1.165) is 28.4 Å². The van der Waals surface area contributed by atoms with Crippen LogP contribution in [-0.4, -0.2) is 57.6 Å². The van der Waals surface area contributed by atoms with E-state index in [1.165, 1.54) is 0 Å². The number of ether oxygens (including phenoxy) is 4. The first-order chi connectivity index (χ1) is 15.8. The van der Waals surface area contributed by atoms with E-state index < -0.39 is 29.2 Å². The van der Waals surface area contributed by atoms with E-state index in [1.807, 2.05) is 42.5 Å². The third kappa shape index (κ3) is 3.35. The second kappa shape index (κ2) is 7.57. The van der Waals surface area contributed by atoms with Crippen molar-refractivity contribution in [3.63, 3.8) is 0 Å². The fraction of sp³-hybridized carbons (Fsp3) is 0.440. The maximum absolute atomic E-state index is 13.5. The summed E-state index contributed by atoms with van der Waals surface area (Å²) in [5.74, 6) is -0.874. The molecule has 0 aromatic heterocycles. The van der Waals surface area contributed by atoms with E-state index in [-0.39, 0.29) is 6.42 Å². The van der Waals surface area contributed by atoms with Gasteiger partial charge < -0.3 is 28.7 Å². The number of cyclic esters (lactones) is 2. The molecule has 2 aromatic carbocycles. The normalized spacial score (nSPS) is 22.7. The van der Waals surface area contributed by atoms with Crippen LogP contribution in [0.15, 0.2) is 42.5 Å². The summed E-state index contributed by atoms with van der Waals surface area (Å²) in [5, 5.41) is 0. The van der Waals surface area contributed by atoms with Gasteiger partial charge in [-0.1, -0.05) is 12.1 Å². The molecule has 2 saturated heterocycles. The lowest BCUT2D eigenvalue weighted by atomic mass is 9.69. The van der Waals surface area contributed by atoms with Gasteiger partial charge in [-0.3, -0.25) is 9.59 Å². The first-order valence-electron chi connectivity index (χ1n) is 11.1. The van der Waals surface area contributed by atoms with Gasteiger partial charge in [0.15, 0.2) is 5.41 Å². The number of esters is 2. The lowest BCUT2D eigenvalue weighted by molar-refractivity contribution is -0.253. The minimum absolute atomic E-state index is 0.215. The van der Waals surface area contributed by atoms with Crippen LogP contribution >= 0.6 is 0 Å². The average Bonchev–Trinajstić information content (AvgIpc) is 2.81. The number of anilines is 2. The van der Waals surface area contributed by atoms with Crippen molar-refractivity contribution in [3.05, 3.63) is 48.0 Å². The summed E-state index contributed by atoms with van der Waals surface area (Å²) in [6.45, 7) is 4.95. The van der Waals surface area contributed by atoms with Crippen LogP contribution in [0.5, 0.6) is 11.5 Å². The molecule has 174 valence electrons. The van der Waals surface area contributed by atoms with Gasteiger partial charge in [0.2, 0.25) is 0 Å². The van der Waals surface area contributed by atoms with Gasteiger partial charge in [-0.2, -0.15) is 0 Å². The number of nitrogens with zero attached hydrogens (tertiary/aromatic N) is 2. The summed E-state index contributed by atoms with van der Waals surface area (Å²) in [7, 11) is 3.26. The largest absolute Gasteiger partial charge is 0.497 e. The summed E-state index contributed by atoms with van der Waals surface area (Å²) in [5.41, 5.74) is 1.39. The van der Waals surface area contributed by atoms with Gasteiger partial charge in [-0.25, -0.2) is 0 Å². The first kappa shape index (κ1) is 21.4. The number of carbonyl (C=O) groups is 2. The molecule has 2 aromatic rings. The van der Waals surface area contributed by atoms with E-state index in [0.29, 0.717) is 19.6 Å². The third-order valence-corrected chi connectivity index (χ3v) is 6.84. The van der Waals surface area contributed by atoms with Gasteiger partial charge in [0.05, 0.1) is 20.3 Å². The van der Waals surface area contributed by atoms with E-state index in [4.69, 9.17) is 18.9 Å². The topological polar surface area (TPSA) is 77.5 Å². The predicted molar refractivity (Wildman–Crippen MR) is 122 cm³/mol. The SMILES string of the molecule is COc1cccc(N2CCN3c4cc(OC)ccc4CC4(C(=O)OC(C)(C)OC4=O)C3C2)c1. The average molecular weight is 453 g/mol. The van der Waals surface area contributed by atoms with E-state index >= 15 is 0 Å². The Hall–Kier alpha value is -3.42. The molecule has 0 amide bonds. The van der Waals surface area contributed by atoms with Crippen LogP contribution in [0.2, 0.25) is 0 Å². The number of piperazine rings is 1. The number of hydrogen-bond donors (Lipinski definition) is 0. The molecular weight excluding hydrogens is 424 g/mol. The smallest absolute Gasteiger partial charge is 0.329 e. The highest BCUT2D eigenvalue weighted by atomic mass is 16.7. The molecule has 5 rings (SSSR count). The second-order valence-electron chi connectivity index (χ2n) is 9.18. The van der Waals surface area contributed by atoms with Crippen LogP contribution in [0.4, 0.5) is 11.4 Å². The molecule has 2 fully saturated rings. The van der Waals surface area contributed by atoms with E-state index in [9.17, 15) is 9.59 Å². The summed E-state index contributed by atoms with van der Waals surface area (Å²) in [6, 6.07) is 13.1. The zero-order valence-electron chi connectivity index (χ0n) is 19.3. The molecule has 3 heterocycles. The Balaban J connectivity index is 1.60. The van der Waals surface area contributed by atoms with Crippen LogP contribution in [0.3, 0.4) is 0 Å². The molecule has 0 bridgehead atoms. The van der Waals surface area contributed by atoms with Crippen molar-refractivity contribution >= 4 is 23.3 Å². The van der Waals surface area contributed by atoms with Gasteiger partial charge in [0.1, 0.15) is 11.5 Å². The predicted octanol–water partition coefficient (Wildman–Crippen LogP) is 2.78. The Morgan fingerprint density at radius 2 is 1.64 bits per heavy atom. The fourth-order valence-corrected chi connectivity index (χ4v) is 5.19. The number of carbonyl (C=O) groups excluding carboxylic acids is 2. The van der Waals surface area contributed by atoms with Crippen molar-refractivity contribution in [2.24, 2.45) is 5.41 Å². The van der Waals surface area contributed by atoms with E-state index in [1.54, 1.807) is 28.1 Å². The van der Waals surface area contributed by atoms with Gasteiger partial charge in [-0.15, -0.1) is 0 Å². The quantitative estimate of drug-likeness (QED) is 0.520. The fourth-order valence-electron chi connectivity index (χ4n) is 5.19. The van der Waals surface area contributed by atoms with Gasteiger partial charge >= 0.3 is 11.9 Å². The van der Waals surface area contributed by atoms with Crippen molar-refractivity contribution in [2.75, 3.05) is 43.7 Å². The van der Waals surface area contributed by atoms with Crippen molar-refractivity contribution in [1.29, 1.82) is 0 Å². The molecule has 8 heteroatoms. The number of methoxy groups -OCH3 is 2. The highest BCUT2D eigenvalue weighted by Gasteiger charge is 2.64. The Labute approximate surface area is 193 Å². The molecule has 0 N–H and O–H groups in total. The maximum atomic E-state index is 13.5. The monoisotopic (exact) mass is 452 g/mol. The molecule has 8 nitrogen and oxygen atoms in total. The standard InChI is InChI=1S/C25H28N2O6/c1-24(2)32-22(28)25(23(29)33-24)14-16-8-9-19(31-4)13-20(16)27-11-10-26(15-21(25)27)17-6-5-7-18(12-17)30-3/h5-9,12-13,21H,10-11,14-15H2,1-4H3.